The molecule has 3 nitrogen and oxygen atoms in total. The molecule has 0 radical (unpaired) electrons. The highest BCUT2D eigenvalue weighted by molar-refractivity contribution is 5.84. The number of hydrogen-bond acceptors (Lipinski definition) is 2. The minimum atomic E-state index is -0.130. The number of carbonyl (C=O) groups excluding carboxylic acids is 1. The van der Waals surface area contributed by atoms with Gasteiger partial charge in [0.2, 0.25) is 5.91 Å². The molecule has 5 fully saturated rings. The highest BCUT2D eigenvalue weighted by Gasteiger charge is 2.64. The predicted octanol–water partition coefficient (Wildman–Crippen LogP) is 3.78. The molecule has 2 N–H and O–H groups in total. The maximum absolute atomic E-state index is 13.5. The van der Waals surface area contributed by atoms with Gasteiger partial charge in [0.25, 0.3) is 0 Å². The van der Waals surface area contributed by atoms with Crippen molar-refractivity contribution >= 4 is 5.91 Å². The molecule has 1 saturated heterocycles. The van der Waals surface area contributed by atoms with Crippen LogP contribution in [0.4, 0.5) is 0 Å². The molecule has 1 aromatic rings. The third kappa shape index (κ3) is 2.62. The minimum Gasteiger partial charge on any atom is -0.353 e. The van der Waals surface area contributed by atoms with E-state index in [0.717, 1.165) is 51.1 Å². The summed E-state index contributed by atoms with van der Waals surface area (Å²) in [7, 11) is 0. The summed E-state index contributed by atoms with van der Waals surface area (Å²) in [6.45, 7) is 4.53. The zero-order chi connectivity index (χ0) is 17.8. The van der Waals surface area contributed by atoms with E-state index in [4.69, 9.17) is 0 Å². The largest absolute Gasteiger partial charge is 0.353 e. The normalized spacial score (nSPS) is 42.0. The first-order chi connectivity index (χ1) is 12.5. The number of nitrogens with one attached hydrogen (secondary N) is 2. The van der Waals surface area contributed by atoms with E-state index in [1.165, 1.54) is 24.8 Å². The molecule has 5 aliphatic rings. The van der Waals surface area contributed by atoms with Gasteiger partial charge in [-0.25, -0.2) is 0 Å². The average molecular weight is 353 g/mol. The zero-order valence-electron chi connectivity index (χ0n) is 16.0. The van der Waals surface area contributed by atoms with Crippen LogP contribution in [0.15, 0.2) is 30.3 Å². The van der Waals surface area contributed by atoms with Gasteiger partial charge in [0.1, 0.15) is 0 Å². The van der Waals surface area contributed by atoms with Gasteiger partial charge in [-0.15, -0.1) is 0 Å². The molecular formula is C23H32N2O. The Kier molecular flexibility index (Phi) is 3.76. The fraction of sp³-hybridized carbons (Fsp3) is 0.696. The van der Waals surface area contributed by atoms with E-state index in [9.17, 15) is 4.79 Å². The number of carbonyl (C=O) groups is 1. The van der Waals surface area contributed by atoms with Crippen molar-refractivity contribution in [1.29, 1.82) is 0 Å². The first-order valence-electron chi connectivity index (χ1n) is 10.6. The van der Waals surface area contributed by atoms with Gasteiger partial charge in [0.05, 0.1) is 5.41 Å². The summed E-state index contributed by atoms with van der Waals surface area (Å²) in [5.41, 5.74) is 1.91. The molecule has 2 unspecified atom stereocenters. The number of hydrogen-bond donors (Lipinski definition) is 2. The maximum atomic E-state index is 13.5. The molecule has 4 atom stereocenters. The number of benzene rings is 1. The summed E-state index contributed by atoms with van der Waals surface area (Å²) >= 11 is 0. The van der Waals surface area contributed by atoms with Crippen LogP contribution >= 0.6 is 0 Å². The quantitative estimate of drug-likeness (QED) is 0.869. The Balaban J connectivity index is 1.46. The van der Waals surface area contributed by atoms with Crippen molar-refractivity contribution in [3.05, 3.63) is 35.9 Å². The molecule has 26 heavy (non-hydrogen) atoms. The first-order valence-corrected chi connectivity index (χ1v) is 10.6. The number of piperidine rings is 1. The van der Waals surface area contributed by atoms with Crippen molar-refractivity contribution in [3.63, 3.8) is 0 Å². The molecule has 140 valence electrons. The molecular weight excluding hydrogens is 320 g/mol. The molecule has 0 aromatic heterocycles. The van der Waals surface area contributed by atoms with Gasteiger partial charge < -0.3 is 10.6 Å². The molecule has 1 heterocycles. The maximum Gasteiger partial charge on any atom is 0.226 e. The Morgan fingerprint density at radius 3 is 2.54 bits per heavy atom. The summed E-state index contributed by atoms with van der Waals surface area (Å²) in [4.78, 5) is 13.5. The molecule has 3 heteroatoms. The van der Waals surface area contributed by atoms with Crippen LogP contribution in [0.2, 0.25) is 0 Å². The molecule has 0 spiro atoms. The van der Waals surface area contributed by atoms with E-state index in [1.807, 2.05) is 0 Å². The Morgan fingerprint density at radius 2 is 1.81 bits per heavy atom. The van der Waals surface area contributed by atoms with E-state index in [-0.39, 0.29) is 10.8 Å². The second-order valence-electron chi connectivity index (χ2n) is 10.2. The second kappa shape index (κ2) is 5.82. The smallest absolute Gasteiger partial charge is 0.226 e. The van der Waals surface area contributed by atoms with Crippen LogP contribution in [-0.2, 0) is 10.2 Å². The second-order valence-corrected chi connectivity index (χ2v) is 10.2. The standard InChI is InChI=1S/C23H32N2O/c1-21-11-17-12-22(14-21,18-5-3-2-4-6-18)16-23(13-17,15-21)20(26)25-19-7-9-24-10-8-19/h2-6,17,19,24H,7-16H2,1H3,(H,25,26)/t17?,21-,22-,23?/m0/s1. The molecule has 1 amide bonds. The van der Waals surface area contributed by atoms with Crippen molar-refractivity contribution in [3.8, 4) is 0 Å². The Bertz CT molecular complexity index is 697. The van der Waals surface area contributed by atoms with Crippen LogP contribution in [0.25, 0.3) is 0 Å². The highest BCUT2D eigenvalue weighted by Crippen LogP contribution is 2.70. The van der Waals surface area contributed by atoms with Gasteiger partial charge in [-0.2, -0.15) is 0 Å². The van der Waals surface area contributed by atoms with Gasteiger partial charge >= 0.3 is 0 Å². The highest BCUT2D eigenvalue weighted by atomic mass is 16.2. The number of amides is 1. The van der Waals surface area contributed by atoms with Crippen molar-refractivity contribution in [1.82, 2.24) is 10.6 Å². The topological polar surface area (TPSA) is 41.1 Å². The van der Waals surface area contributed by atoms with Crippen molar-refractivity contribution in [2.75, 3.05) is 13.1 Å². The summed E-state index contributed by atoms with van der Waals surface area (Å²) in [6, 6.07) is 11.5. The van der Waals surface area contributed by atoms with Crippen LogP contribution in [0, 0.1) is 16.7 Å². The first kappa shape index (κ1) is 16.8. The van der Waals surface area contributed by atoms with Crippen LogP contribution in [0.5, 0.6) is 0 Å². The van der Waals surface area contributed by atoms with Gasteiger partial charge in [-0.3, -0.25) is 4.79 Å². The fourth-order valence-electron chi connectivity index (χ4n) is 7.59. The summed E-state index contributed by atoms with van der Waals surface area (Å²) in [5, 5.41) is 6.89. The fourth-order valence-corrected chi connectivity index (χ4v) is 7.59. The van der Waals surface area contributed by atoms with Crippen molar-refractivity contribution in [2.45, 2.75) is 69.7 Å². The van der Waals surface area contributed by atoms with E-state index >= 15 is 0 Å². The minimum absolute atomic E-state index is 0.130. The van der Waals surface area contributed by atoms with Gasteiger partial charge in [-0.1, -0.05) is 37.3 Å². The van der Waals surface area contributed by atoms with Crippen molar-refractivity contribution < 1.29 is 4.79 Å². The van der Waals surface area contributed by atoms with E-state index in [2.05, 4.69) is 47.9 Å². The number of rotatable bonds is 3. The summed E-state index contributed by atoms with van der Waals surface area (Å²) in [5.74, 6) is 1.09. The lowest BCUT2D eigenvalue weighted by Crippen LogP contribution is -2.63. The zero-order valence-corrected chi connectivity index (χ0v) is 16.0. The van der Waals surface area contributed by atoms with E-state index in [0.29, 0.717) is 17.4 Å². The van der Waals surface area contributed by atoms with Crippen LogP contribution in [0.1, 0.15) is 63.9 Å². The lowest BCUT2D eigenvalue weighted by atomic mass is 9.38. The summed E-state index contributed by atoms with van der Waals surface area (Å²) in [6.07, 6.45) is 9.31. The Hall–Kier alpha value is -1.35. The SMILES string of the molecule is C[C@@]12CC3CC(C(=O)NC4CCNCC4)(C1)C[C@](c1ccccc1)(C3)C2. The molecule has 4 saturated carbocycles. The van der Waals surface area contributed by atoms with E-state index in [1.54, 1.807) is 0 Å². The summed E-state index contributed by atoms with van der Waals surface area (Å²) < 4.78 is 0. The van der Waals surface area contributed by atoms with Gasteiger partial charge in [-0.05, 0) is 86.8 Å². The molecule has 1 aliphatic heterocycles. The third-order valence-corrected chi connectivity index (χ3v) is 7.89. The Labute approximate surface area is 157 Å². The Morgan fingerprint density at radius 1 is 1.04 bits per heavy atom. The van der Waals surface area contributed by atoms with Crippen LogP contribution < -0.4 is 10.6 Å². The van der Waals surface area contributed by atoms with Crippen LogP contribution in [-0.4, -0.2) is 25.0 Å². The lowest BCUT2D eigenvalue weighted by Gasteiger charge is -2.65. The molecule has 6 rings (SSSR count). The third-order valence-electron chi connectivity index (χ3n) is 7.89. The monoisotopic (exact) mass is 352 g/mol. The van der Waals surface area contributed by atoms with Gasteiger partial charge in [0.15, 0.2) is 0 Å². The van der Waals surface area contributed by atoms with Crippen LogP contribution in [0.3, 0.4) is 0 Å². The molecule has 1 aromatic carbocycles. The van der Waals surface area contributed by atoms with E-state index < -0.39 is 0 Å². The average Bonchev–Trinajstić information content (AvgIpc) is 2.61. The molecule has 4 bridgehead atoms. The van der Waals surface area contributed by atoms with Crippen molar-refractivity contribution in [2.24, 2.45) is 16.7 Å². The molecule has 4 aliphatic carbocycles. The van der Waals surface area contributed by atoms with Gasteiger partial charge in [0, 0.05) is 6.04 Å². The lowest BCUT2D eigenvalue weighted by molar-refractivity contribution is -0.161. The predicted molar refractivity (Wildman–Crippen MR) is 104 cm³/mol.